The van der Waals surface area contributed by atoms with Crippen molar-refractivity contribution in [1.82, 2.24) is 0 Å². The van der Waals surface area contributed by atoms with Crippen molar-refractivity contribution < 1.29 is 5.11 Å². The molecule has 1 N–H and O–H groups in total. The third-order valence-corrected chi connectivity index (χ3v) is 3.16. The van der Waals surface area contributed by atoms with Crippen LogP contribution >= 0.6 is 0 Å². The molecule has 1 unspecified atom stereocenters. The van der Waals surface area contributed by atoms with E-state index in [9.17, 15) is 5.11 Å². The first-order valence-corrected chi connectivity index (χ1v) is 5.91. The van der Waals surface area contributed by atoms with E-state index < -0.39 is 0 Å². The Labute approximate surface area is 93.1 Å². The van der Waals surface area contributed by atoms with Crippen LogP contribution in [0.2, 0.25) is 0 Å². The molecule has 0 aliphatic carbocycles. The molecule has 0 heterocycles. The van der Waals surface area contributed by atoms with E-state index in [4.69, 9.17) is 0 Å². The van der Waals surface area contributed by atoms with Crippen LogP contribution in [0.4, 0.5) is 0 Å². The number of rotatable bonds is 4. The van der Waals surface area contributed by atoms with Gasteiger partial charge in [0.05, 0.1) is 0 Å². The molecule has 0 aliphatic rings. The summed E-state index contributed by atoms with van der Waals surface area (Å²) in [5, 5.41) is 9.82. The van der Waals surface area contributed by atoms with Crippen molar-refractivity contribution in [2.24, 2.45) is 5.92 Å². The van der Waals surface area contributed by atoms with Crippen LogP contribution in [-0.4, -0.2) is 5.11 Å². The van der Waals surface area contributed by atoms with E-state index in [1.807, 2.05) is 6.07 Å². The van der Waals surface area contributed by atoms with Crippen molar-refractivity contribution in [3.8, 4) is 5.75 Å². The molecule has 0 saturated heterocycles. The van der Waals surface area contributed by atoms with Gasteiger partial charge in [0, 0.05) is 0 Å². The van der Waals surface area contributed by atoms with Gasteiger partial charge in [-0.15, -0.1) is 0 Å². The molecular formula is C14H22O. The van der Waals surface area contributed by atoms with E-state index in [-0.39, 0.29) is 0 Å². The van der Waals surface area contributed by atoms with Gasteiger partial charge in [-0.1, -0.05) is 39.8 Å². The second kappa shape index (κ2) is 5.20. The SMILES string of the molecule is CCc1ccc(C(CC)C(C)C)cc1O. The topological polar surface area (TPSA) is 20.2 Å². The third-order valence-electron chi connectivity index (χ3n) is 3.16. The van der Waals surface area contributed by atoms with Gasteiger partial charge in [-0.25, -0.2) is 0 Å². The van der Waals surface area contributed by atoms with Gasteiger partial charge >= 0.3 is 0 Å². The zero-order valence-electron chi connectivity index (χ0n) is 10.2. The first-order chi connectivity index (χ1) is 7.10. The number of hydrogen-bond donors (Lipinski definition) is 1. The number of phenols is 1. The Bertz CT molecular complexity index is 315. The van der Waals surface area contributed by atoms with E-state index in [2.05, 4.69) is 39.8 Å². The van der Waals surface area contributed by atoms with Gasteiger partial charge in [0.1, 0.15) is 5.75 Å². The molecular weight excluding hydrogens is 184 g/mol. The van der Waals surface area contributed by atoms with E-state index >= 15 is 0 Å². The van der Waals surface area contributed by atoms with Crippen molar-refractivity contribution in [3.63, 3.8) is 0 Å². The number of aryl methyl sites for hydroxylation is 1. The summed E-state index contributed by atoms with van der Waals surface area (Å²) in [5.74, 6) is 1.64. The Morgan fingerprint density at radius 3 is 2.27 bits per heavy atom. The average molecular weight is 206 g/mol. The first-order valence-electron chi connectivity index (χ1n) is 5.91. The minimum Gasteiger partial charge on any atom is -0.508 e. The molecule has 1 rings (SSSR count). The molecule has 1 aromatic rings. The minimum atomic E-state index is 0.453. The second-order valence-electron chi connectivity index (χ2n) is 4.50. The molecule has 15 heavy (non-hydrogen) atoms. The highest BCUT2D eigenvalue weighted by molar-refractivity contribution is 5.38. The average Bonchev–Trinajstić information content (AvgIpc) is 2.18. The minimum absolute atomic E-state index is 0.453. The highest BCUT2D eigenvalue weighted by Gasteiger charge is 2.14. The number of benzene rings is 1. The Balaban J connectivity index is 3.00. The quantitative estimate of drug-likeness (QED) is 0.786. The summed E-state index contributed by atoms with van der Waals surface area (Å²) in [5.41, 5.74) is 2.31. The molecule has 1 atom stereocenters. The lowest BCUT2D eigenvalue weighted by molar-refractivity contribution is 0.457. The molecule has 0 fully saturated rings. The third kappa shape index (κ3) is 2.74. The second-order valence-corrected chi connectivity index (χ2v) is 4.50. The maximum absolute atomic E-state index is 9.82. The van der Waals surface area contributed by atoms with Gasteiger partial charge in [-0.3, -0.25) is 0 Å². The van der Waals surface area contributed by atoms with E-state index in [0.717, 1.165) is 18.4 Å². The fourth-order valence-electron chi connectivity index (χ4n) is 2.20. The van der Waals surface area contributed by atoms with Gasteiger partial charge < -0.3 is 5.11 Å². The summed E-state index contributed by atoms with van der Waals surface area (Å²) in [6.45, 7) is 8.74. The molecule has 1 heteroatoms. The number of aromatic hydroxyl groups is 1. The van der Waals surface area contributed by atoms with E-state index in [1.54, 1.807) is 0 Å². The van der Waals surface area contributed by atoms with Crippen LogP contribution in [0.25, 0.3) is 0 Å². The van der Waals surface area contributed by atoms with Crippen molar-refractivity contribution >= 4 is 0 Å². The predicted molar refractivity (Wildman–Crippen MR) is 65.4 cm³/mol. The molecule has 1 aromatic carbocycles. The van der Waals surface area contributed by atoms with Crippen LogP contribution < -0.4 is 0 Å². The van der Waals surface area contributed by atoms with Crippen LogP contribution in [-0.2, 0) is 6.42 Å². The summed E-state index contributed by atoms with van der Waals surface area (Å²) < 4.78 is 0. The zero-order valence-corrected chi connectivity index (χ0v) is 10.2. The molecule has 0 aromatic heterocycles. The maximum atomic E-state index is 9.82. The normalized spacial score (nSPS) is 13.1. The Hall–Kier alpha value is -0.980. The molecule has 0 bridgehead atoms. The Morgan fingerprint density at radius 2 is 1.87 bits per heavy atom. The van der Waals surface area contributed by atoms with Gasteiger partial charge in [-0.2, -0.15) is 0 Å². The standard InChI is InChI=1S/C14H22O/c1-5-11-7-8-12(9-14(11)15)13(6-2)10(3)4/h7-10,13,15H,5-6H2,1-4H3. The van der Waals surface area contributed by atoms with Crippen LogP contribution in [0.5, 0.6) is 5.75 Å². The van der Waals surface area contributed by atoms with Crippen molar-refractivity contribution in [2.45, 2.75) is 46.5 Å². The summed E-state index contributed by atoms with van der Waals surface area (Å²) in [7, 11) is 0. The molecule has 0 spiro atoms. The van der Waals surface area contributed by atoms with Crippen LogP contribution in [0.15, 0.2) is 18.2 Å². The zero-order chi connectivity index (χ0) is 11.4. The van der Waals surface area contributed by atoms with Gasteiger partial charge in [0.2, 0.25) is 0 Å². The fourth-order valence-corrected chi connectivity index (χ4v) is 2.20. The predicted octanol–water partition coefficient (Wildman–Crippen LogP) is 4.10. The number of phenolic OH excluding ortho intramolecular Hbond substituents is 1. The molecule has 84 valence electrons. The highest BCUT2D eigenvalue weighted by Crippen LogP contribution is 2.31. The molecule has 0 aliphatic heterocycles. The van der Waals surface area contributed by atoms with Crippen LogP contribution in [0.3, 0.4) is 0 Å². The Morgan fingerprint density at radius 1 is 1.20 bits per heavy atom. The lowest BCUT2D eigenvalue weighted by Gasteiger charge is -2.20. The van der Waals surface area contributed by atoms with Crippen LogP contribution in [0.1, 0.15) is 51.2 Å². The summed E-state index contributed by atoms with van der Waals surface area (Å²) in [6.07, 6.45) is 2.02. The van der Waals surface area contributed by atoms with Crippen molar-refractivity contribution in [1.29, 1.82) is 0 Å². The maximum Gasteiger partial charge on any atom is 0.119 e. The monoisotopic (exact) mass is 206 g/mol. The smallest absolute Gasteiger partial charge is 0.119 e. The highest BCUT2D eigenvalue weighted by atomic mass is 16.3. The molecule has 1 nitrogen and oxygen atoms in total. The fraction of sp³-hybridized carbons (Fsp3) is 0.571. The van der Waals surface area contributed by atoms with Crippen molar-refractivity contribution in [3.05, 3.63) is 29.3 Å². The summed E-state index contributed by atoms with van der Waals surface area (Å²) in [6, 6.07) is 6.15. The summed E-state index contributed by atoms with van der Waals surface area (Å²) in [4.78, 5) is 0. The Kier molecular flexibility index (Phi) is 4.19. The van der Waals surface area contributed by atoms with E-state index in [0.29, 0.717) is 17.6 Å². The number of hydrogen-bond acceptors (Lipinski definition) is 1. The first kappa shape index (κ1) is 12.1. The van der Waals surface area contributed by atoms with Crippen LogP contribution in [0, 0.1) is 5.92 Å². The lowest BCUT2D eigenvalue weighted by Crippen LogP contribution is -2.05. The van der Waals surface area contributed by atoms with E-state index in [1.165, 1.54) is 5.56 Å². The van der Waals surface area contributed by atoms with Gasteiger partial charge in [0.15, 0.2) is 0 Å². The molecule has 0 saturated carbocycles. The lowest BCUT2D eigenvalue weighted by atomic mass is 9.86. The summed E-state index contributed by atoms with van der Waals surface area (Å²) >= 11 is 0. The van der Waals surface area contributed by atoms with Gasteiger partial charge in [0.25, 0.3) is 0 Å². The molecule has 0 amide bonds. The largest absolute Gasteiger partial charge is 0.508 e. The van der Waals surface area contributed by atoms with Crippen molar-refractivity contribution in [2.75, 3.05) is 0 Å². The molecule has 0 radical (unpaired) electrons. The van der Waals surface area contributed by atoms with Gasteiger partial charge in [-0.05, 0) is 41.9 Å².